The first-order chi connectivity index (χ1) is 6.88. The number of nitrogens with zero attached hydrogens (tertiary/aromatic N) is 1. The van der Waals surface area contributed by atoms with Crippen molar-refractivity contribution >= 4 is 0 Å². The Morgan fingerprint density at radius 1 is 1.36 bits per heavy atom. The van der Waals surface area contributed by atoms with Crippen molar-refractivity contribution in [1.82, 2.24) is 5.32 Å². The largest absolute Gasteiger partial charge is 0.309 e. The third-order valence-corrected chi connectivity index (χ3v) is 2.92. The van der Waals surface area contributed by atoms with Crippen molar-refractivity contribution in [3.8, 4) is 6.07 Å². The molecule has 0 aromatic carbocycles. The van der Waals surface area contributed by atoms with Crippen LogP contribution in [0.2, 0.25) is 0 Å². The second-order valence-electron chi connectivity index (χ2n) is 3.96. The molecule has 1 rings (SSSR count). The van der Waals surface area contributed by atoms with E-state index in [4.69, 9.17) is 5.26 Å². The molecule has 0 saturated heterocycles. The SMILES string of the molecule is C/C=C/CNC1CCCCCC1C#N. The summed E-state index contributed by atoms with van der Waals surface area (Å²) in [6, 6.07) is 2.85. The van der Waals surface area contributed by atoms with Crippen molar-refractivity contribution in [2.24, 2.45) is 5.92 Å². The highest BCUT2D eigenvalue weighted by atomic mass is 14.9. The van der Waals surface area contributed by atoms with Gasteiger partial charge in [-0.15, -0.1) is 0 Å². The zero-order valence-electron chi connectivity index (χ0n) is 9.00. The van der Waals surface area contributed by atoms with E-state index in [0.717, 1.165) is 19.4 Å². The predicted octanol–water partition coefficient (Wildman–Crippen LogP) is 2.62. The van der Waals surface area contributed by atoms with E-state index in [-0.39, 0.29) is 5.92 Å². The summed E-state index contributed by atoms with van der Waals surface area (Å²) in [7, 11) is 0. The van der Waals surface area contributed by atoms with Crippen LogP contribution < -0.4 is 5.32 Å². The molecule has 14 heavy (non-hydrogen) atoms. The summed E-state index contributed by atoms with van der Waals surface area (Å²) >= 11 is 0. The highest BCUT2D eigenvalue weighted by Gasteiger charge is 2.22. The molecule has 0 heterocycles. The molecule has 2 unspecified atom stereocenters. The maximum Gasteiger partial charge on any atom is 0.0672 e. The minimum atomic E-state index is 0.225. The number of hydrogen-bond donors (Lipinski definition) is 1. The Balaban J connectivity index is 2.40. The summed E-state index contributed by atoms with van der Waals surface area (Å²) in [5, 5.41) is 12.5. The maximum atomic E-state index is 9.03. The van der Waals surface area contributed by atoms with Crippen LogP contribution in [0.1, 0.15) is 39.0 Å². The predicted molar refractivity (Wildman–Crippen MR) is 58.8 cm³/mol. The quantitative estimate of drug-likeness (QED) is 0.551. The zero-order valence-corrected chi connectivity index (χ0v) is 9.00. The van der Waals surface area contributed by atoms with Gasteiger partial charge in [0.15, 0.2) is 0 Å². The smallest absolute Gasteiger partial charge is 0.0672 e. The van der Waals surface area contributed by atoms with Gasteiger partial charge >= 0.3 is 0 Å². The van der Waals surface area contributed by atoms with E-state index in [1.807, 2.05) is 13.0 Å². The third kappa shape index (κ3) is 3.51. The second kappa shape index (κ2) is 6.62. The summed E-state index contributed by atoms with van der Waals surface area (Å²) in [6.07, 6.45) is 10.2. The molecular formula is C12H20N2. The molecule has 1 saturated carbocycles. The summed E-state index contributed by atoms with van der Waals surface area (Å²) in [6.45, 7) is 2.93. The summed E-state index contributed by atoms with van der Waals surface area (Å²) < 4.78 is 0. The Bertz CT molecular complexity index is 215. The molecular weight excluding hydrogens is 172 g/mol. The molecule has 78 valence electrons. The van der Waals surface area contributed by atoms with Gasteiger partial charge in [0.1, 0.15) is 0 Å². The molecule has 0 aliphatic heterocycles. The minimum absolute atomic E-state index is 0.225. The molecule has 0 amide bonds. The molecule has 2 nitrogen and oxygen atoms in total. The Morgan fingerprint density at radius 3 is 2.86 bits per heavy atom. The number of nitriles is 1. The van der Waals surface area contributed by atoms with Crippen LogP contribution >= 0.6 is 0 Å². The lowest BCUT2D eigenvalue weighted by Crippen LogP contribution is -2.35. The molecule has 0 spiro atoms. The first-order valence-electron chi connectivity index (χ1n) is 5.62. The monoisotopic (exact) mass is 192 g/mol. The van der Waals surface area contributed by atoms with Crippen molar-refractivity contribution in [3.05, 3.63) is 12.2 Å². The standard InChI is InChI=1S/C12H20N2/c1-2-3-9-14-12-8-6-4-5-7-11(12)10-13/h2-3,11-12,14H,4-9H2,1H3/b3-2+. The topological polar surface area (TPSA) is 35.8 Å². The van der Waals surface area contributed by atoms with E-state index in [9.17, 15) is 0 Å². The molecule has 0 aromatic heterocycles. The zero-order chi connectivity index (χ0) is 10.2. The van der Waals surface area contributed by atoms with E-state index in [0.29, 0.717) is 6.04 Å². The van der Waals surface area contributed by atoms with Crippen LogP contribution in [0.25, 0.3) is 0 Å². The van der Waals surface area contributed by atoms with Crippen LogP contribution in [0.15, 0.2) is 12.2 Å². The van der Waals surface area contributed by atoms with Gasteiger partial charge in [0.2, 0.25) is 0 Å². The number of rotatable bonds is 3. The fourth-order valence-electron chi connectivity index (χ4n) is 2.04. The molecule has 1 N–H and O–H groups in total. The van der Waals surface area contributed by atoms with Gasteiger partial charge in [0, 0.05) is 12.6 Å². The molecule has 2 atom stereocenters. The van der Waals surface area contributed by atoms with Crippen LogP contribution in [0, 0.1) is 17.2 Å². The van der Waals surface area contributed by atoms with Crippen LogP contribution in [0.4, 0.5) is 0 Å². The summed E-state index contributed by atoms with van der Waals surface area (Å²) in [5.41, 5.74) is 0. The van der Waals surface area contributed by atoms with Gasteiger partial charge < -0.3 is 5.32 Å². The Labute approximate surface area is 87.0 Å². The second-order valence-corrected chi connectivity index (χ2v) is 3.96. The molecule has 0 aromatic rings. The van der Waals surface area contributed by atoms with Crippen molar-refractivity contribution in [2.45, 2.75) is 45.1 Å². The average molecular weight is 192 g/mol. The summed E-state index contributed by atoms with van der Waals surface area (Å²) in [5.74, 6) is 0.225. The Kier molecular flexibility index (Phi) is 5.32. The van der Waals surface area contributed by atoms with Crippen LogP contribution in [0.3, 0.4) is 0 Å². The molecule has 1 aliphatic carbocycles. The highest BCUT2D eigenvalue weighted by molar-refractivity contribution is 4.94. The van der Waals surface area contributed by atoms with Gasteiger partial charge in [-0.25, -0.2) is 0 Å². The molecule has 1 fully saturated rings. The third-order valence-electron chi connectivity index (χ3n) is 2.92. The molecule has 0 radical (unpaired) electrons. The van der Waals surface area contributed by atoms with Crippen molar-refractivity contribution in [3.63, 3.8) is 0 Å². The number of hydrogen-bond acceptors (Lipinski definition) is 2. The lowest BCUT2D eigenvalue weighted by molar-refractivity contribution is 0.410. The molecule has 2 heteroatoms. The van der Waals surface area contributed by atoms with Gasteiger partial charge in [-0.1, -0.05) is 31.4 Å². The molecule has 0 bridgehead atoms. The lowest BCUT2D eigenvalue weighted by Gasteiger charge is -2.19. The van der Waals surface area contributed by atoms with Gasteiger partial charge in [-0.2, -0.15) is 5.26 Å². The maximum absolute atomic E-state index is 9.03. The normalized spacial score (nSPS) is 28.6. The Morgan fingerprint density at radius 2 is 2.14 bits per heavy atom. The van der Waals surface area contributed by atoms with E-state index >= 15 is 0 Å². The fourth-order valence-corrected chi connectivity index (χ4v) is 2.04. The summed E-state index contributed by atoms with van der Waals surface area (Å²) in [4.78, 5) is 0. The van der Waals surface area contributed by atoms with Crippen molar-refractivity contribution in [2.75, 3.05) is 6.54 Å². The number of nitrogens with one attached hydrogen (secondary N) is 1. The van der Waals surface area contributed by atoms with E-state index in [1.165, 1.54) is 19.3 Å². The van der Waals surface area contributed by atoms with E-state index in [2.05, 4.69) is 17.5 Å². The highest BCUT2D eigenvalue weighted by Crippen LogP contribution is 2.22. The fraction of sp³-hybridized carbons (Fsp3) is 0.750. The Hall–Kier alpha value is -0.810. The van der Waals surface area contributed by atoms with E-state index in [1.54, 1.807) is 0 Å². The van der Waals surface area contributed by atoms with Gasteiger partial charge in [-0.05, 0) is 19.8 Å². The molecule has 1 aliphatic rings. The van der Waals surface area contributed by atoms with Gasteiger partial charge in [-0.3, -0.25) is 0 Å². The van der Waals surface area contributed by atoms with Gasteiger partial charge in [0.05, 0.1) is 12.0 Å². The lowest BCUT2D eigenvalue weighted by atomic mass is 9.96. The van der Waals surface area contributed by atoms with Crippen LogP contribution in [0.5, 0.6) is 0 Å². The first kappa shape index (κ1) is 11.3. The van der Waals surface area contributed by atoms with Crippen LogP contribution in [-0.2, 0) is 0 Å². The van der Waals surface area contributed by atoms with Crippen LogP contribution in [-0.4, -0.2) is 12.6 Å². The first-order valence-corrected chi connectivity index (χ1v) is 5.62. The van der Waals surface area contributed by atoms with Gasteiger partial charge in [0.25, 0.3) is 0 Å². The van der Waals surface area contributed by atoms with Crippen molar-refractivity contribution < 1.29 is 0 Å². The van der Waals surface area contributed by atoms with E-state index < -0.39 is 0 Å². The average Bonchev–Trinajstić information content (AvgIpc) is 2.43. The minimum Gasteiger partial charge on any atom is -0.309 e. The number of allylic oxidation sites excluding steroid dienone is 1. The van der Waals surface area contributed by atoms with Crippen molar-refractivity contribution in [1.29, 1.82) is 5.26 Å².